The number of alkyl halides is 2. The second kappa shape index (κ2) is 4.07. The van der Waals surface area contributed by atoms with Crippen molar-refractivity contribution in [3.8, 4) is 0 Å². The maximum absolute atomic E-state index is 13.5. The van der Waals surface area contributed by atoms with Gasteiger partial charge in [0, 0.05) is 6.42 Å². The number of carboxylic acids is 1. The standard InChI is InChI=1S/C11H17F2NO4/c1-4-9(2,3)11(7(15)16)5-10(12,13)6-14(11)8(17)18/h4-6H2,1-3H3,(H,15,16)(H,17,18)/t11-/m1/s1. The molecule has 0 aromatic carbocycles. The minimum Gasteiger partial charge on any atom is -0.479 e. The zero-order chi connectivity index (χ0) is 14.4. The molecule has 7 heteroatoms. The number of rotatable bonds is 3. The Hall–Kier alpha value is -1.40. The molecule has 5 nitrogen and oxygen atoms in total. The van der Waals surface area contributed by atoms with Crippen LogP contribution in [0, 0.1) is 5.41 Å². The summed E-state index contributed by atoms with van der Waals surface area (Å²) in [7, 11) is 0. The van der Waals surface area contributed by atoms with Gasteiger partial charge >= 0.3 is 12.1 Å². The van der Waals surface area contributed by atoms with E-state index in [0.29, 0.717) is 4.90 Å². The normalized spacial score (nSPS) is 27.3. The molecule has 0 saturated carbocycles. The van der Waals surface area contributed by atoms with Gasteiger partial charge in [-0.05, 0) is 11.8 Å². The van der Waals surface area contributed by atoms with E-state index in [1.165, 1.54) is 13.8 Å². The third kappa shape index (κ3) is 1.91. The molecular weight excluding hydrogens is 248 g/mol. The minimum absolute atomic E-state index is 0.277. The quantitative estimate of drug-likeness (QED) is 0.820. The molecule has 104 valence electrons. The van der Waals surface area contributed by atoms with Crippen molar-refractivity contribution in [3.63, 3.8) is 0 Å². The highest BCUT2D eigenvalue weighted by atomic mass is 19.3. The molecule has 0 unspecified atom stereocenters. The number of likely N-dealkylation sites (tertiary alicyclic amines) is 1. The molecule has 18 heavy (non-hydrogen) atoms. The van der Waals surface area contributed by atoms with Crippen molar-refractivity contribution in [2.75, 3.05) is 6.54 Å². The molecule has 1 aliphatic heterocycles. The van der Waals surface area contributed by atoms with Crippen molar-refractivity contribution in [1.29, 1.82) is 0 Å². The zero-order valence-electron chi connectivity index (χ0n) is 10.5. The van der Waals surface area contributed by atoms with Crippen LogP contribution in [0.25, 0.3) is 0 Å². The van der Waals surface area contributed by atoms with Crippen molar-refractivity contribution in [3.05, 3.63) is 0 Å². The molecule has 1 amide bonds. The average molecular weight is 265 g/mol. The molecule has 0 aromatic heterocycles. The number of nitrogens with zero attached hydrogens (tertiary/aromatic N) is 1. The van der Waals surface area contributed by atoms with Crippen molar-refractivity contribution in [2.24, 2.45) is 5.41 Å². The van der Waals surface area contributed by atoms with E-state index in [4.69, 9.17) is 5.11 Å². The highest BCUT2D eigenvalue weighted by molar-refractivity contribution is 5.86. The molecule has 1 fully saturated rings. The SMILES string of the molecule is CCC(C)(C)[C@]1(C(=O)O)CC(F)(F)CN1C(=O)O. The Bertz CT molecular complexity index is 383. The van der Waals surface area contributed by atoms with Gasteiger partial charge in [-0.2, -0.15) is 0 Å². The first-order valence-electron chi connectivity index (χ1n) is 5.62. The highest BCUT2D eigenvalue weighted by Crippen LogP contribution is 2.50. The Morgan fingerprint density at radius 3 is 2.17 bits per heavy atom. The lowest BCUT2D eigenvalue weighted by molar-refractivity contribution is -0.157. The molecule has 0 radical (unpaired) electrons. The van der Waals surface area contributed by atoms with Crippen LogP contribution < -0.4 is 0 Å². The Balaban J connectivity index is 3.42. The molecule has 0 spiro atoms. The van der Waals surface area contributed by atoms with Gasteiger partial charge in [-0.1, -0.05) is 20.8 Å². The Morgan fingerprint density at radius 1 is 1.33 bits per heavy atom. The summed E-state index contributed by atoms with van der Waals surface area (Å²) in [6.07, 6.45) is -2.34. The summed E-state index contributed by atoms with van der Waals surface area (Å²) in [6, 6.07) is 0. The maximum Gasteiger partial charge on any atom is 0.408 e. The van der Waals surface area contributed by atoms with Crippen LogP contribution in [0.15, 0.2) is 0 Å². The largest absolute Gasteiger partial charge is 0.479 e. The second-order valence-corrected chi connectivity index (χ2v) is 5.30. The molecule has 0 aliphatic carbocycles. The molecule has 0 bridgehead atoms. The number of halogens is 2. The molecule has 1 saturated heterocycles. The van der Waals surface area contributed by atoms with Crippen LogP contribution >= 0.6 is 0 Å². The predicted octanol–water partition coefficient (Wildman–Crippen LogP) is 2.27. The summed E-state index contributed by atoms with van der Waals surface area (Å²) < 4.78 is 27.0. The van der Waals surface area contributed by atoms with E-state index in [-0.39, 0.29) is 6.42 Å². The fraction of sp³-hybridized carbons (Fsp3) is 0.818. The number of hydrogen-bond donors (Lipinski definition) is 2. The van der Waals surface area contributed by atoms with Crippen molar-refractivity contribution in [2.45, 2.75) is 45.1 Å². The highest BCUT2D eigenvalue weighted by Gasteiger charge is 2.67. The second-order valence-electron chi connectivity index (χ2n) is 5.30. The number of hydrogen-bond acceptors (Lipinski definition) is 2. The van der Waals surface area contributed by atoms with E-state index >= 15 is 0 Å². The van der Waals surface area contributed by atoms with Gasteiger partial charge in [0.1, 0.15) is 0 Å². The lowest BCUT2D eigenvalue weighted by Crippen LogP contribution is -2.61. The van der Waals surface area contributed by atoms with Crippen LogP contribution in [0.3, 0.4) is 0 Å². The van der Waals surface area contributed by atoms with E-state index in [9.17, 15) is 23.5 Å². The average Bonchev–Trinajstić information content (AvgIpc) is 2.52. The van der Waals surface area contributed by atoms with E-state index in [1.54, 1.807) is 6.92 Å². The first kappa shape index (κ1) is 14.7. The van der Waals surface area contributed by atoms with Crippen molar-refractivity contribution < 1.29 is 28.6 Å². The number of aliphatic carboxylic acids is 1. The summed E-state index contributed by atoms with van der Waals surface area (Å²) >= 11 is 0. The number of amides is 1. The summed E-state index contributed by atoms with van der Waals surface area (Å²) in [5.74, 6) is -4.84. The maximum atomic E-state index is 13.5. The summed E-state index contributed by atoms with van der Waals surface area (Å²) in [5.41, 5.74) is -3.17. The molecular formula is C11H17F2NO4. The van der Waals surface area contributed by atoms with Gasteiger partial charge in [-0.15, -0.1) is 0 Å². The van der Waals surface area contributed by atoms with E-state index in [1.807, 2.05) is 0 Å². The van der Waals surface area contributed by atoms with Gasteiger partial charge < -0.3 is 10.2 Å². The van der Waals surface area contributed by atoms with Crippen LogP contribution in [-0.2, 0) is 4.79 Å². The summed E-state index contributed by atoms with van der Waals surface area (Å²) in [4.78, 5) is 23.0. The first-order valence-corrected chi connectivity index (χ1v) is 5.62. The summed E-state index contributed by atoms with van der Waals surface area (Å²) in [6.45, 7) is 3.58. The predicted molar refractivity (Wildman–Crippen MR) is 58.7 cm³/mol. The van der Waals surface area contributed by atoms with Crippen molar-refractivity contribution in [1.82, 2.24) is 4.90 Å². The Labute approximate surface area is 103 Å². The lowest BCUT2D eigenvalue weighted by atomic mass is 9.68. The van der Waals surface area contributed by atoms with Crippen LogP contribution in [0.1, 0.15) is 33.6 Å². The van der Waals surface area contributed by atoms with E-state index in [2.05, 4.69) is 0 Å². The topological polar surface area (TPSA) is 77.8 Å². The van der Waals surface area contributed by atoms with Gasteiger partial charge in [-0.3, -0.25) is 4.90 Å². The van der Waals surface area contributed by atoms with Crippen LogP contribution in [0.5, 0.6) is 0 Å². The number of carbonyl (C=O) groups is 2. The Kier molecular flexibility index (Phi) is 3.31. The van der Waals surface area contributed by atoms with E-state index < -0.39 is 41.9 Å². The Morgan fingerprint density at radius 2 is 1.83 bits per heavy atom. The van der Waals surface area contributed by atoms with Crippen molar-refractivity contribution >= 4 is 12.1 Å². The molecule has 1 rings (SSSR count). The van der Waals surface area contributed by atoms with Crippen LogP contribution in [0.4, 0.5) is 13.6 Å². The summed E-state index contributed by atoms with van der Waals surface area (Å²) in [5, 5.41) is 18.4. The molecule has 0 aromatic rings. The van der Waals surface area contributed by atoms with Gasteiger partial charge in [0.05, 0.1) is 6.54 Å². The smallest absolute Gasteiger partial charge is 0.408 e. The first-order chi connectivity index (χ1) is 8.00. The minimum atomic E-state index is -3.32. The third-order valence-corrected chi connectivity index (χ3v) is 3.95. The van der Waals surface area contributed by atoms with Gasteiger partial charge in [0.15, 0.2) is 5.54 Å². The monoisotopic (exact) mass is 265 g/mol. The van der Waals surface area contributed by atoms with E-state index in [0.717, 1.165) is 0 Å². The molecule has 2 N–H and O–H groups in total. The number of carboxylic acid groups (broad SMARTS) is 2. The lowest BCUT2D eigenvalue weighted by Gasteiger charge is -2.44. The molecule has 1 heterocycles. The third-order valence-electron chi connectivity index (χ3n) is 3.95. The van der Waals surface area contributed by atoms with Crippen LogP contribution in [0.2, 0.25) is 0 Å². The van der Waals surface area contributed by atoms with Gasteiger partial charge in [-0.25, -0.2) is 18.4 Å². The zero-order valence-corrected chi connectivity index (χ0v) is 10.5. The fourth-order valence-electron chi connectivity index (χ4n) is 2.50. The van der Waals surface area contributed by atoms with Gasteiger partial charge in [0.2, 0.25) is 0 Å². The fourth-order valence-corrected chi connectivity index (χ4v) is 2.50. The molecule has 1 aliphatic rings. The van der Waals surface area contributed by atoms with Gasteiger partial charge in [0.25, 0.3) is 5.92 Å². The molecule has 1 atom stereocenters. The van der Waals surface area contributed by atoms with Crippen LogP contribution in [-0.4, -0.2) is 45.2 Å².